The molecule has 90 valence electrons. The number of terminal acetylenes is 1. The largest absolute Gasteiger partial charge is 0.394 e. The van der Waals surface area contributed by atoms with Gasteiger partial charge in [-0.1, -0.05) is 0 Å². The topological polar surface area (TPSA) is 68.2 Å². The lowest BCUT2D eigenvalue weighted by molar-refractivity contribution is -0.232. The molecule has 0 spiro atoms. The third-order valence-electron chi connectivity index (χ3n) is 2.96. The minimum Gasteiger partial charge on any atom is -0.394 e. The van der Waals surface area contributed by atoms with Crippen molar-refractivity contribution in [1.82, 2.24) is 0 Å². The van der Waals surface area contributed by atoms with Crippen molar-refractivity contribution < 1.29 is 24.4 Å². The summed E-state index contributed by atoms with van der Waals surface area (Å²) < 4.78 is 16.4. The Balaban J connectivity index is 2.24. The van der Waals surface area contributed by atoms with E-state index in [1.54, 1.807) is 13.8 Å². The number of hydrogen-bond donors (Lipinski definition) is 2. The molecule has 0 saturated carbocycles. The Labute approximate surface area is 94.3 Å². The smallest absolute Gasteiger partial charge is 0.190 e. The maximum Gasteiger partial charge on any atom is 0.190 e. The van der Waals surface area contributed by atoms with Crippen LogP contribution in [0.2, 0.25) is 0 Å². The number of aliphatic hydroxyl groups excluding tert-OH is 1. The quantitative estimate of drug-likeness (QED) is 0.630. The first-order valence-corrected chi connectivity index (χ1v) is 5.21. The third kappa shape index (κ3) is 1.63. The Morgan fingerprint density at radius 3 is 2.62 bits per heavy atom. The van der Waals surface area contributed by atoms with Crippen molar-refractivity contribution in [2.24, 2.45) is 0 Å². The fourth-order valence-corrected chi connectivity index (χ4v) is 2.21. The maximum absolute atomic E-state index is 10.4. The van der Waals surface area contributed by atoms with Gasteiger partial charge in [0, 0.05) is 6.42 Å². The zero-order valence-corrected chi connectivity index (χ0v) is 9.34. The Morgan fingerprint density at radius 2 is 2.06 bits per heavy atom. The predicted molar refractivity (Wildman–Crippen MR) is 54.2 cm³/mol. The second-order valence-corrected chi connectivity index (χ2v) is 4.60. The molecule has 0 aromatic rings. The van der Waals surface area contributed by atoms with E-state index in [1.165, 1.54) is 0 Å². The molecule has 2 N–H and O–H groups in total. The van der Waals surface area contributed by atoms with Gasteiger partial charge in [0.05, 0.1) is 6.61 Å². The van der Waals surface area contributed by atoms with Gasteiger partial charge in [-0.05, 0) is 13.8 Å². The number of ether oxygens (including phenoxy) is 3. The van der Waals surface area contributed by atoms with Crippen LogP contribution >= 0.6 is 0 Å². The minimum atomic E-state index is -1.39. The average molecular weight is 228 g/mol. The van der Waals surface area contributed by atoms with Crippen molar-refractivity contribution in [3.05, 3.63) is 0 Å². The summed E-state index contributed by atoms with van der Waals surface area (Å²) in [6.45, 7) is 3.15. The molecule has 0 aromatic carbocycles. The lowest BCUT2D eigenvalue weighted by Gasteiger charge is -2.31. The van der Waals surface area contributed by atoms with Crippen molar-refractivity contribution in [1.29, 1.82) is 0 Å². The Hall–Kier alpha value is -0.640. The Kier molecular flexibility index (Phi) is 2.73. The normalized spacial score (nSPS) is 45.3. The molecule has 0 amide bonds. The molecular weight excluding hydrogens is 212 g/mol. The summed E-state index contributed by atoms with van der Waals surface area (Å²) in [6.07, 6.45) is 3.17. The summed E-state index contributed by atoms with van der Waals surface area (Å²) in [5, 5.41) is 19.6. The van der Waals surface area contributed by atoms with Gasteiger partial charge in [0.1, 0.15) is 17.8 Å². The van der Waals surface area contributed by atoms with E-state index in [9.17, 15) is 5.11 Å². The first-order valence-electron chi connectivity index (χ1n) is 5.21. The SMILES string of the molecule is C#CC[C@@]1(O)[C@@H](CO)O[C@@H]2OC(C)(C)O[C@@H]21. The summed E-state index contributed by atoms with van der Waals surface area (Å²) in [7, 11) is 0. The van der Waals surface area contributed by atoms with Crippen molar-refractivity contribution >= 4 is 0 Å². The molecule has 2 rings (SSSR count). The number of rotatable bonds is 2. The van der Waals surface area contributed by atoms with Crippen LogP contribution in [0.4, 0.5) is 0 Å². The Morgan fingerprint density at radius 1 is 1.38 bits per heavy atom. The number of hydrogen-bond acceptors (Lipinski definition) is 5. The first-order chi connectivity index (χ1) is 7.43. The van der Waals surface area contributed by atoms with Crippen LogP contribution in [0.25, 0.3) is 0 Å². The molecule has 5 heteroatoms. The van der Waals surface area contributed by atoms with Gasteiger partial charge in [-0.25, -0.2) is 0 Å². The van der Waals surface area contributed by atoms with Gasteiger partial charge in [0.2, 0.25) is 0 Å². The molecule has 2 heterocycles. The van der Waals surface area contributed by atoms with Crippen molar-refractivity contribution in [3.63, 3.8) is 0 Å². The van der Waals surface area contributed by atoms with Gasteiger partial charge < -0.3 is 24.4 Å². The average Bonchev–Trinajstić information content (AvgIpc) is 2.61. The van der Waals surface area contributed by atoms with E-state index in [0.29, 0.717) is 0 Å². The molecule has 4 atom stereocenters. The molecule has 5 nitrogen and oxygen atoms in total. The van der Waals surface area contributed by atoms with Gasteiger partial charge in [0.15, 0.2) is 12.1 Å². The van der Waals surface area contributed by atoms with Gasteiger partial charge >= 0.3 is 0 Å². The highest BCUT2D eigenvalue weighted by Crippen LogP contribution is 2.44. The van der Waals surface area contributed by atoms with E-state index in [-0.39, 0.29) is 13.0 Å². The molecule has 0 bridgehead atoms. The highest BCUT2D eigenvalue weighted by atomic mass is 16.8. The third-order valence-corrected chi connectivity index (χ3v) is 2.96. The van der Waals surface area contributed by atoms with Crippen molar-refractivity contribution in [2.45, 2.75) is 50.2 Å². The van der Waals surface area contributed by atoms with E-state index in [4.69, 9.17) is 25.7 Å². The summed E-state index contributed by atoms with van der Waals surface area (Å²) in [5.74, 6) is 1.57. The molecule has 2 aliphatic rings. The van der Waals surface area contributed by atoms with Gasteiger partial charge in [-0.2, -0.15) is 0 Å². The highest BCUT2D eigenvalue weighted by molar-refractivity contribution is 5.10. The highest BCUT2D eigenvalue weighted by Gasteiger charge is 2.62. The van der Waals surface area contributed by atoms with Crippen LogP contribution in [0.3, 0.4) is 0 Å². The molecule has 0 aromatic heterocycles. The summed E-state index contributed by atoms with van der Waals surface area (Å²) in [6, 6.07) is 0. The monoisotopic (exact) mass is 228 g/mol. The molecule has 2 aliphatic heterocycles. The molecule has 2 saturated heterocycles. The zero-order chi connectivity index (χ0) is 12.0. The van der Waals surface area contributed by atoms with Crippen LogP contribution in [0.15, 0.2) is 0 Å². The fraction of sp³-hybridized carbons (Fsp3) is 0.818. The van der Waals surface area contributed by atoms with Crippen LogP contribution in [-0.4, -0.2) is 46.7 Å². The Bertz CT molecular complexity index is 321. The van der Waals surface area contributed by atoms with E-state index in [1.807, 2.05) is 0 Å². The second kappa shape index (κ2) is 3.69. The van der Waals surface area contributed by atoms with Crippen molar-refractivity contribution in [3.8, 4) is 12.3 Å². The van der Waals surface area contributed by atoms with Crippen LogP contribution in [0.1, 0.15) is 20.3 Å². The van der Waals surface area contributed by atoms with Crippen LogP contribution in [0, 0.1) is 12.3 Å². The van der Waals surface area contributed by atoms with E-state index >= 15 is 0 Å². The molecule has 2 fully saturated rings. The van der Waals surface area contributed by atoms with E-state index in [0.717, 1.165) is 0 Å². The number of fused-ring (bicyclic) bond motifs is 1. The summed E-state index contributed by atoms with van der Waals surface area (Å²) in [4.78, 5) is 0. The molecule has 16 heavy (non-hydrogen) atoms. The van der Waals surface area contributed by atoms with Gasteiger partial charge in [-0.3, -0.25) is 0 Å². The standard InChI is InChI=1S/C11H16O5/c1-4-5-11(13)7(6-12)14-9-8(11)15-10(2,3)16-9/h1,7-9,12-13H,5-6H2,2-3H3/t7-,8+,9-,11-/m1/s1. The lowest BCUT2D eigenvalue weighted by Crippen LogP contribution is -2.50. The van der Waals surface area contributed by atoms with Crippen LogP contribution < -0.4 is 0 Å². The molecule has 0 unspecified atom stereocenters. The zero-order valence-electron chi connectivity index (χ0n) is 9.34. The first kappa shape index (κ1) is 11.8. The van der Waals surface area contributed by atoms with Crippen LogP contribution in [-0.2, 0) is 14.2 Å². The van der Waals surface area contributed by atoms with Gasteiger partial charge in [-0.15, -0.1) is 12.3 Å². The van der Waals surface area contributed by atoms with Crippen molar-refractivity contribution in [2.75, 3.05) is 6.61 Å². The van der Waals surface area contributed by atoms with E-state index < -0.39 is 29.9 Å². The summed E-state index contributed by atoms with van der Waals surface area (Å²) in [5.41, 5.74) is -1.39. The van der Waals surface area contributed by atoms with Crippen LogP contribution in [0.5, 0.6) is 0 Å². The van der Waals surface area contributed by atoms with E-state index in [2.05, 4.69) is 5.92 Å². The molecular formula is C11H16O5. The molecule has 0 aliphatic carbocycles. The maximum atomic E-state index is 10.4. The van der Waals surface area contributed by atoms with Gasteiger partial charge in [0.25, 0.3) is 0 Å². The minimum absolute atomic E-state index is 0.0544. The summed E-state index contributed by atoms with van der Waals surface area (Å²) >= 11 is 0. The second-order valence-electron chi connectivity index (χ2n) is 4.60. The number of aliphatic hydroxyl groups is 2. The lowest BCUT2D eigenvalue weighted by atomic mass is 9.89. The fourth-order valence-electron chi connectivity index (χ4n) is 2.21. The predicted octanol–water partition coefficient (Wildman–Crippen LogP) is -0.391. The molecule has 0 radical (unpaired) electrons.